The van der Waals surface area contributed by atoms with Crippen LogP contribution in [0.3, 0.4) is 0 Å². The van der Waals surface area contributed by atoms with Gasteiger partial charge in [-0.25, -0.2) is 0 Å². The van der Waals surface area contributed by atoms with Crippen LogP contribution in [0.15, 0.2) is 11.2 Å². The highest BCUT2D eigenvalue weighted by molar-refractivity contribution is 8.00. The number of hydrazine groups is 1. The molecular weight excluding hydrogens is 229 g/mol. The number of alkyl halides is 3. The summed E-state index contributed by atoms with van der Waals surface area (Å²) in [6.45, 7) is 3.10. The second-order valence-electron chi connectivity index (χ2n) is 3.20. The summed E-state index contributed by atoms with van der Waals surface area (Å²) in [5, 5.41) is 3.76. The number of piperazine rings is 1. The van der Waals surface area contributed by atoms with Crippen LogP contribution >= 0.6 is 11.9 Å². The summed E-state index contributed by atoms with van der Waals surface area (Å²) in [6, 6.07) is 0. The lowest BCUT2D eigenvalue weighted by Gasteiger charge is -2.29. The normalized spacial score (nSPS) is 23.9. The molecule has 0 bridgehead atoms. The van der Waals surface area contributed by atoms with Crippen molar-refractivity contribution < 1.29 is 13.2 Å². The zero-order valence-electron chi connectivity index (χ0n) is 7.84. The maximum atomic E-state index is 12.3. The fourth-order valence-electron chi connectivity index (χ4n) is 1.42. The van der Waals surface area contributed by atoms with Gasteiger partial charge in [0.15, 0.2) is 0 Å². The van der Waals surface area contributed by atoms with Gasteiger partial charge in [-0.3, -0.25) is 0 Å². The van der Waals surface area contributed by atoms with Crippen LogP contribution in [0.2, 0.25) is 0 Å². The first-order valence-corrected chi connectivity index (χ1v) is 5.31. The molecule has 2 aliphatic heterocycles. The van der Waals surface area contributed by atoms with Gasteiger partial charge in [0.1, 0.15) is 5.03 Å². The predicted octanol–water partition coefficient (Wildman–Crippen LogP) is 0.679. The Morgan fingerprint density at radius 3 is 2.47 bits per heavy atom. The van der Waals surface area contributed by atoms with Gasteiger partial charge in [0, 0.05) is 44.3 Å². The minimum Gasteiger partial charge on any atom is -0.362 e. The van der Waals surface area contributed by atoms with Crippen molar-refractivity contribution in [3.8, 4) is 0 Å². The van der Waals surface area contributed by atoms with E-state index >= 15 is 0 Å². The van der Waals surface area contributed by atoms with E-state index in [0.717, 1.165) is 26.2 Å². The second-order valence-corrected chi connectivity index (χ2v) is 4.17. The average Bonchev–Trinajstić information content (AvgIpc) is 2.67. The molecule has 2 aliphatic rings. The van der Waals surface area contributed by atoms with Gasteiger partial charge in [-0.15, -0.1) is 0 Å². The van der Waals surface area contributed by atoms with Crippen molar-refractivity contribution >= 4 is 11.9 Å². The topological polar surface area (TPSA) is 30.5 Å². The first-order valence-electron chi connectivity index (χ1n) is 4.54. The van der Waals surface area contributed by atoms with Crippen molar-refractivity contribution in [1.29, 1.82) is 0 Å². The Morgan fingerprint density at radius 1 is 1.27 bits per heavy atom. The van der Waals surface area contributed by atoms with Crippen LogP contribution in [0.4, 0.5) is 13.2 Å². The third-order valence-corrected chi connectivity index (χ3v) is 3.21. The van der Waals surface area contributed by atoms with E-state index in [1.807, 2.05) is 4.90 Å². The molecule has 2 N–H and O–H groups in total. The van der Waals surface area contributed by atoms with E-state index < -0.39 is 6.30 Å². The molecule has 2 heterocycles. The molecule has 1 saturated heterocycles. The van der Waals surface area contributed by atoms with E-state index in [1.165, 1.54) is 6.20 Å². The standard InChI is InChI=1S/C7H11F3N4S/c8-7(9,10)14-12-5-6(15-14)13-3-1-11-2-4-13/h5,11-12H,1-4H2. The van der Waals surface area contributed by atoms with Gasteiger partial charge in [0.25, 0.3) is 0 Å². The SMILES string of the molecule is FC(F)(F)N1NC=C(N2CCNCC2)S1. The van der Waals surface area contributed by atoms with Crippen molar-refractivity contribution in [3.63, 3.8) is 0 Å². The van der Waals surface area contributed by atoms with Gasteiger partial charge >= 0.3 is 6.30 Å². The minimum atomic E-state index is -4.35. The minimum absolute atomic E-state index is 0.199. The van der Waals surface area contributed by atoms with Gasteiger partial charge in [-0.2, -0.15) is 13.2 Å². The van der Waals surface area contributed by atoms with Crippen LogP contribution in [-0.4, -0.2) is 41.8 Å². The third-order valence-electron chi connectivity index (χ3n) is 2.15. The van der Waals surface area contributed by atoms with E-state index in [4.69, 9.17) is 0 Å². The number of halogens is 3. The van der Waals surface area contributed by atoms with Crippen molar-refractivity contribution in [1.82, 2.24) is 20.1 Å². The zero-order valence-corrected chi connectivity index (χ0v) is 8.66. The van der Waals surface area contributed by atoms with Crippen molar-refractivity contribution in [2.24, 2.45) is 0 Å². The molecule has 0 amide bonds. The highest BCUT2D eigenvalue weighted by atomic mass is 32.2. The molecule has 1 fully saturated rings. The molecule has 15 heavy (non-hydrogen) atoms. The van der Waals surface area contributed by atoms with Crippen molar-refractivity contribution in [2.75, 3.05) is 26.2 Å². The lowest BCUT2D eigenvalue weighted by atomic mass is 10.4. The van der Waals surface area contributed by atoms with Gasteiger partial charge in [-0.05, 0) is 0 Å². The Balaban J connectivity index is 1.91. The zero-order chi connectivity index (χ0) is 10.9. The molecule has 4 nitrogen and oxygen atoms in total. The fraction of sp³-hybridized carbons (Fsp3) is 0.714. The molecule has 0 aromatic carbocycles. The van der Waals surface area contributed by atoms with E-state index in [9.17, 15) is 13.2 Å². The second kappa shape index (κ2) is 4.11. The van der Waals surface area contributed by atoms with Crippen molar-refractivity contribution in [3.05, 3.63) is 11.2 Å². The molecule has 8 heteroatoms. The van der Waals surface area contributed by atoms with Gasteiger partial charge < -0.3 is 15.6 Å². The van der Waals surface area contributed by atoms with E-state index in [-0.39, 0.29) is 4.41 Å². The number of hydrogen-bond acceptors (Lipinski definition) is 5. The maximum Gasteiger partial charge on any atom is 0.487 e. The van der Waals surface area contributed by atoms with Crippen LogP contribution in [0.25, 0.3) is 0 Å². The van der Waals surface area contributed by atoms with E-state index in [2.05, 4.69) is 10.7 Å². The Hall–Kier alpha value is -0.600. The van der Waals surface area contributed by atoms with Crippen LogP contribution in [-0.2, 0) is 0 Å². The number of rotatable bonds is 1. The number of nitrogens with one attached hydrogen (secondary N) is 2. The summed E-state index contributed by atoms with van der Waals surface area (Å²) >= 11 is 0.681. The third kappa shape index (κ3) is 2.50. The largest absolute Gasteiger partial charge is 0.487 e. The Kier molecular flexibility index (Phi) is 2.98. The van der Waals surface area contributed by atoms with E-state index in [0.29, 0.717) is 17.0 Å². The van der Waals surface area contributed by atoms with Crippen LogP contribution < -0.4 is 10.7 Å². The van der Waals surface area contributed by atoms with Crippen LogP contribution in [0.1, 0.15) is 0 Å². The quantitative estimate of drug-likeness (QED) is 0.520. The summed E-state index contributed by atoms with van der Waals surface area (Å²) in [4.78, 5) is 1.93. The molecule has 86 valence electrons. The Bertz CT molecular complexity index is 261. The number of hydrogen-bond donors (Lipinski definition) is 2. The smallest absolute Gasteiger partial charge is 0.362 e. The Morgan fingerprint density at radius 2 is 1.93 bits per heavy atom. The highest BCUT2D eigenvalue weighted by Crippen LogP contribution is 2.35. The lowest BCUT2D eigenvalue weighted by molar-refractivity contribution is -0.216. The van der Waals surface area contributed by atoms with Gasteiger partial charge in [0.05, 0.1) is 0 Å². The summed E-state index contributed by atoms with van der Waals surface area (Å²) in [5.41, 5.74) is 2.19. The summed E-state index contributed by atoms with van der Waals surface area (Å²) < 4.78 is 37.0. The summed E-state index contributed by atoms with van der Waals surface area (Å²) in [7, 11) is 0. The molecule has 0 spiro atoms. The van der Waals surface area contributed by atoms with Crippen LogP contribution in [0.5, 0.6) is 0 Å². The molecule has 0 saturated carbocycles. The molecule has 2 rings (SSSR count). The predicted molar refractivity (Wildman–Crippen MR) is 51.1 cm³/mol. The molecule has 0 aromatic heterocycles. The summed E-state index contributed by atoms with van der Waals surface area (Å²) in [5.74, 6) is 0. The molecule has 0 aliphatic carbocycles. The van der Waals surface area contributed by atoms with Crippen LogP contribution in [0, 0.1) is 0 Å². The molecular formula is C7H11F3N4S. The van der Waals surface area contributed by atoms with Gasteiger partial charge in [-0.1, -0.05) is 4.41 Å². The average molecular weight is 240 g/mol. The number of nitrogens with zero attached hydrogens (tertiary/aromatic N) is 2. The van der Waals surface area contributed by atoms with Gasteiger partial charge in [0.2, 0.25) is 0 Å². The lowest BCUT2D eigenvalue weighted by Crippen LogP contribution is -2.42. The first-order chi connectivity index (χ1) is 7.07. The maximum absolute atomic E-state index is 12.3. The first kappa shape index (κ1) is 10.9. The highest BCUT2D eigenvalue weighted by Gasteiger charge is 2.42. The Labute approximate surface area is 89.6 Å². The molecule has 0 unspecified atom stereocenters. The van der Waals surface area contributed by atoms with E-state index in [1.54, 1.807) is 0 Å². The monoisotopic (exact) mass is 240 g/mol. The fourth-order valence-corrected chi connectivity index (χ4v) is 2.22. The molecule has 0 aromatic rings. The van der Waals surface area contributed by atoms with Crippen molar-refractivity contribution in [2.45, 2.75) is 6.30 Å². The molecule has 0 radical (unpaired) electrons. The summed E-state index contributed by atoms with van der Waals surface area (Å²) in [6.07, 6.45) is -2.96. The molecule has 0 atom stereocenters.